The minimum Gasteiger partial charge on any atom is -0.395 e. The van der Waals surface area contributed by atoms with Crippen LogP contribution in [0.3, 0.4) is 0 Å². The zero-order valence-corrected chi connectivity index (χ0v) is 12.1. The van der Waals surface area contributed by atoms with Gasteiger partial charge in [0, 0.05) is 12.1 Å². The fourth-order valence-electron chi connectivity index (χ4n) is 3.56. The van der Waals surface area contributed by atoms with E-state index in [9.17, 15) is 5.11 Å². The van der Waals surface area contributed by atoms with Crippen molar-refractivity contribution in [2.45, 2.75) is 64.5 Å². The Bertz CT molecular complexity index is 251. The quantitative estimate of drug-likeness (QED) is 0.762. The standard InChI is InChI=1S/C15H30N2O/c1-3-15(4-2)7-9-17(10-8-15)13(11-18)14(16)12-5-6-12/h12-14,18H,3-11,16H2,1-2H3. The molecule has 3 heteroatoms. The highest BCUT2D eigenvalue weighted by atomic mass is 16.3. The van der Waals surface area contributed by atoms with Gasteiger partial charge in [-0.1, -0.05) is 26.7 Å². The van der Waals surface area contributed by atoms with Crippen LogP contribution < -0.4 is 5.73 Å². The van der Waals surface area contributed by atoms with E-state index in [1.165, 1.54) is 38.5 Å². The van der Waals surface area contributed by atoms with Gasteiger partial charge < -0.3 is 10.8 Å². The van der Waals surface area contributed by atoms with Crippen LogP contribution in [0.5, 0.6) is 0 Å². The molecular formula is C15H30N2O. The molecule has 0 spiro atoms. The molecule has 18 heavy (non-hydrogen) atoms. The smallest absolute Gasteiger partial charge is 0.0602 e. The molecule has 2 rings (SSSR count). The molecule has 0 aromatic rings. The van der Waals surface area contributed by atoms with Gasteiger partial charge in [-0.15, -0.1) is 0 Å². The van der Waals surface area contributed by atoms with Crippen molar-refractivity contribution in [3.8, 4) is 0 Å². The molecule has 1 aliphatic heterocycles. The SMILES string of the molecule is CCC1(CC)CCN(C(CO)C(N)C2CC2)CC1. The molecule has 2 unspecified atom stereocenters. The second-order valence-electron chi connectivity index (χ2n) is 6.41. The van der Waals surface area contributed by atoms with E-state index in [4.69, 9.17) is 5.73 Å². The van der Waals surface area contributed by atoms with Crippen LogP contribution in [0.25, 0.3) is 0 Å². The average molecular weight is 254 g/mol. The summed E-state index contributed by atoms with van der Waals surface area (Å²) in [7, 11) is 0. The van der Waals surface area contributed by atoms with E-state index in [1.54, 1.807) is 0 Å². The first-order chi connectivity index (χ1) is 8.65. The number of hydrogen-bond donors (Lipinski definition) is 2. The molecule has 1 heterocycles. The van der Waals surface area contributed by atoms with Crippen molar-refractivity contribution < 1.29 is 5.11 Å². The molecule has 0 radical (unpaired) electrons. The van der Waals surface area contributed by atoms with Crippen LogP contribution in [-0.4, -0.2) is 41.8 Å². The lowest BCUT2D eigenvalue weighted by Crippen LogP contribution is -2.54. The van der Waals surface area contributed by atoms with E-state index in [2.05, 4.69) is 18.7 Å². The van der Waals surface area contributed by atoms with Gasteiger partial charge in [-0.2, -0.15) is 0 Å². The first kappa shape index (κ1) is 14.3. The Balaban J connectivity index is 1.90. The minimum absolute atomic E-state index is 0.186. The monoisotopic (exact) mass is 254 g/mol. The van der Waals surface area contributed by atoms with Gasteiger partial charge in [-0.05, 0) is 50.1 Å². The van der Waals surface area contributed by atoms with E-state index >= 15 is 0 Å². The van der Waals surface area contributed by atoms with E-state index in [0.717, 1.165) is 13.1 Å². The number of rotatable bonds is 6. The summed E-state index contributed by atoms with van der Waals surface area (Å²) in [5.41, 5.74) is 6.85. The predicted molar refractivity (Wildman–Crippen MR) is 75.4 cm³/mol. The van der Waals surface area contributed by atoms with Crippen molar-refractivity contribution in [1.29, 1.82) is 0 Å². The summed E-state index contributed by atoms with van der Waals surface area (Å²) in [5.74, 6) is 0.672. The van der Waals surface area contributed by atoms with Gasteiger partial charge in [-0.25, -0.2) is 0 Å². The molecule has 3 N–H and O–H groups in total. The second-order valence-corrected chi connectivity index (χ2v) is 6.41. The van der Waals surface area contributed by atoms with Gasteiger partial charge in [0.05, 0.1) is 6.61 Å². The summed E-state index contributed by atoms with van der Waals surface area (Å²) in [4.78, 5) is 2.45. The molecule has 1 saturated heterocycles. The molecule has 2 fully saturated rings. The molecular weight excluding hydrogens is 224 g/mol. The Morgan fingerprint density at radius 3 is 2.17 bits per heavy atom. The third-order valence-corrected chi connectivity index (χ3v) is 5.63. The fourth-order valence-corrected chi connectivity index (χ4v) is 3.56. The third-order valence-electron chi connectivity index (χ3n) is 5.63. The first-order valence-corrected chi connectivity index (χ1v) is 7.76. The van der Waals surface area contributed by atoms with Crippen LogP contribution >= 0.6 is 0 Å². The van der Waals surface area contributed by atoms with Crippen molar-refractivity contribution in [2.24, 2.45) is 17.1 Å². The second kappa shape index (κ2) is 5.89. The van der Waals surface area contributed by atoms with Gasteiger partial charge in [-0.3, -0.25) is 4.90 Å². The highest BCUT2D eigenvalue weighted by Crippen LogP contribution is 2.40. The van der Waals surface area contributed by atoms with Crippen LogP contribution in [-0.2, 0) is 0 Å². The van der Waals surface area contributed by atoms with Crippen LogP contribution in [0.15, 0.2) is 0 Å². The summed E-state index contributed by atoms with van der Waals surface area (Å²) in [5, 5.41) is 9.65. The number of nitrogens with two attached hydrogens (primary N) is 1. The Kier molecular flexibility index (Phi) is 4.68. The summed E-state index contributed by atoms with van der Waals surface area (Å²) in [6.45, 7) is 7.10. The van der Waals surface area contributed by atoms with Gasteiger partial charge in [0.15, 0.2) is 0 Å². The zero-order valence-electron chi connectivity index (χ0n) is 12.1. The Labute approximate surface area is 112 Å². The fraction of sp³-hybridized carbons (Fsp3) is 1.00. The zero-order chi connectivity index (χ0) is 13.2. The highest BCUT2D eigenvalue weighted by molar-refractivity contribution is 4.95. The minimum atomic E-state index is 0.186. The number of aliphatic hydroxyl groups excluding tert-OH is 1. The molecule has 0 aromatic heterocycles. The van der Waals surface area contributed by atoms with Crippen LogP contribution in [0.2, 0.25) is 0 Å². The third kappa shape index (κ3) is 2.89. The summed E-state index contributed by atoms with van der Waals surface area (Å²) < 4.78 is 0. The molecule has 0 amide bonds. The Morgan fingerprint density at radius 1 is 1.22 bits per heavy atom. The van der Waals surface area contributed by atoms with Crippen LogP contribution in [0.1, 0.15) is 52.4 Å². The van der Waals surface area contributed by atoms with Gasteiger partial charge in [0.2, 0.25) is 0 Å². The summed E-state index contributed by atoms with van der Waals surface area (Å²) in [6.07, 6.45) is 7.64. The highest BCUT2D eigenvalue weighted by Gasteiger charge is 2.39. The molecule has 2 aliphatic rings. The molecule has 3 nitrogen and oxygen atoms in total. The van der Waals surface area contributed by atoms with Crippen molar-refractivity contribution in [3.05, 3.63) is 0 Å². The van der Waals surface area contributed by atoms with Crippen molar-refractivity contribution in [1.82, 2.24) is 4.90 Å². The van der Waals surface area contributed by atoms with Gasteiger partial charge in [0.1, 0.15) is 0 Å². The van der Waals surface area contributed by atoms with E-state index in [1.807, 2.05) is 0 Å². The normalized spacial score (nSPS) is 28.0. The lowest BCUT2D eigenvalue weighted by molar-refractivity contribution is 0.0307. The molecule has 2 atom stereocenters. The first-order valence-electron chi connectivity index (χ1n) is 7.76. The maximum absolute atomic E-state index is 9.65. The topological polar surface area (TPSA) is 49.5 Å². The van der Waals surface area contributed by atoms with Gasteiger partial charge >= 0.3 is 0 Å². The van der Waals surface area contributed by atoms with Crippen molar-refractivity contribution in [2.75, 3.05) is 19.7 Å². The van der Waals surface area contributed by atoms with Crippen LogP contribution in [0, 0.1) is 11.3 Å². The molecule has 0 bridgehead atoms. The lowest BCUT2D eigenvalue weighted by atomic mass is 9.74. The molecule has 106 valence electrons. The Morgan fingerprint density at radius 2 is 1.78 bits per heavy atom. The maximum Gasteiger partial charge on any atom is 0.0602 e. The average Bonchev–Trinajstić information content (AvgIpc) is 3.25. The van der Waals surface area contributed by atoms with Gasteiger partial charge in [0.25, 0.3) is 0 Å². The number of piperidine rings is 1. The van der Waals surface area contributed by atoms with Crippen LogP contribution in [0.4, 0.5) is 0 Å². The Hall–Kier alpha value is -0.120. The van der Waals surface area contributed by atoms with Crippen molar-refractivity contribution in [3.63, 3.8) is 0 Å². The number of nitrogens with zero attached hydrogens (tertiary/aromatic N) is 1. The number of hydrogen-bond acceptors (Lipinski definition) is 3. The number of likely N-dealkylation sites (tertiary alicyclic amines) is 1. The lowest BCUT2D eigenvalue weighted by Gasteiger charge is -2.45. The van der Waals surface area contributed by atoms with Crippen molar-refractivity contribution >= 4 is 0 Å². The summed E-state index contributed by atoms with van der Waals surface area (Å²) in [6, 6.07) is 0.384. The predicted octanol–water partition coefficient (Wildman–Crippen LogP) is 1.99. The molecule has 0 aromatic carbocycles. The van der Waals surface area contributed by atoms with E-state index in [0.29, 0.717) is 11.3 Å². The number of aliphatic hydroxyl groups is 1. The van der Waals surface area contributed by atoms with E-state index in [-0.39, 0.29) is 18.7 Å². The molecule has 1 saturated carbocycles. The molecule has 1 aliphatic carbocycles. The van der Waals surface area contributed by atoms with E-state index < -0.39 is 0 Å². The maximum atomic E-state index is 9.65. The summed E-state index contributed by atoms with van der Waals surface area (Å²) >= 11 is 0. The largest absolute Gasteiger partial charge is 0.395 e.